The lowest BCUT2D eigenvalue weighted by molar-refractivity contribution is 0.384. The van der Waals surface area contributed by atoms with Gasteiger partial charge in [-0.1, -0.05) is 64.8 Å². The van der Waals surface area contributed by atoms with Crippen molar-refractivity contribution < 1.29 is 0 Å². The average molecular weight is 334 g/mol. The van der Waals surface area contributed by atoms with E-state index in [2.05, 4.69) is 76.9 Å². The van der Waals surface area contributed by atoms with Gasteiger partial charge in [0, 0.05) is 9.30 Å². The standard InChI is InChI=1S/C13H18Br2/c1-9(2)13(10(3)14)8-11-5-4-6-12(15)7-11/h4-7,9-10,13H,8H2,1-3H3. The van der Waals surface area contributed by atoms with Crippen molar-refractivity contribution in [1.82, 2.24) is 0 Å². The number of rotatable bonds is 4. The molecule has 0 bridgehead atoms. The zero-order valence-electron chi connectivity index (χ0n) is 9.50. The van der Waals surface area contributed by atoms with Crippen LogP contribution in [-0.4, -0.2) is 4.83 Å². The summed E-state index contributed by atoms with van der Waals surface area (Å²) in [7, 11) is 0. The van der Waals surface area contributed by atoms with E-state index in [0.717, 1.165) is 6.42 Å². The molecule has 1 aromatic carbocycles. The normalized spacial score (nSPS) is 15.3. The molecule has 0 aliphatic heterocycles. The molecule has 15 heavy (non-hydrogen) atoms. The van der Waals surface area contributed by atoms with Gasteiger partial charge in [0.2, 0.25) is 0 Å². The minimum atomic E-state index is 0.566. The third-order valence-electron chi connectivity index (χ3n) is 2.81. The van der Waals surface area contributed by atoms with Gasteiger partial charge in [0.05, 0.1) is 0 Å². The van der Waals surface area contributed by atoms with Crippen molar-refractivity contribution in [3.63, 3.8) is 0 Å². The molecule has 2 heteroatoms. The third-order valence-corrected chi connectivity index (χ3v) is 3.98. The van der Waals surface area contributed by atoms with Crippen molar-refractivity contribution in [1.29, 1.82) is 0 Å². The van der Waals surface area contributed by atoms with Crippen molar-refractivity contribution in [2.45, 2.75) is 32.0 Å². The molecule has 84 valence electrons. The van der Waals surface area contributed by atoms with E-state index in [4.69, 9.17) is 0 Å². The summed E-state index contributed by atoms with van der Waals surface area (Å²) in [6.07, 6.45) is 1.14. The first-order valence-corrected chi connectivity index (χ1v) is 7.10. The summed E-state index contributed by atoms with van der Waals surface area (Å²) in [6, 6.07) is 8.60. The molecule has 0 fully saturated rings. The smallest absolute Gasteiger partial charge is 0.0177 e. The summed E-state index contributed by atoms with van der Waals surface area (Å²) in [6.45, 7) is 6.82. The maximum Gasteiger partial charge on any atom is 0.0177 e. The van der Waals surface area contributed by atoms with Gasteiger partial charge >= 0.3 is 0 Å². The molecule has 2 atom stereocenters. The van der Waals surface area contributed by atoms with Crippen LogP contribution in [0.4, 0.5) is 0 Å². The fourth-order valence-electron chi connectivity index (χ4n) is 1.86. The van der Waals surface area contributed by atoms with Crippen LogP contribution in [0, 0.1) is 11.8 Å². The first-order valence-electron chi connectivity index (χ1n) is 5.39. The zero-order valence-corrected chi connectivity index (χ0v) is 12.7. The van der Waals surface area contributed by atoms with Gasteiger partial charge in [-0.15, -0.1) is 0 Å². The molecule has 0 N–H and O–H groups in total. The Bertz CT molecular complexity index is 297. The summed E-state index contributed by atoms with van der Waals surface area (Å²) in [5.41, 5.74) is 1.41. The SMILES string of the molecule is CC(C)C(Cc1cccc(Br)c1)C(C)Br. The largest absolute Gasteiger partial charge is 0.0890 e. The number of halogens is 2. The summed E-state index contributed by atoms with van der Waals surface area (Å²) >= 11 is 7.22. The lowest BCUT2D eigenvalue weighted by atomic mass is 9.87. The molecule has 0 saturated heterocycles. The monoisotopic (exact) mass is 332 g/mol. The molecule has 2 unspecified atom stereocenters. The van der Waals surface area contributed by atoms with E-state index in [1.807, 2.05) is 0 Å². The molecule has 0 nitrogen and oxygen atoms in total. The van der Waals surface area contributed by atoms with Gasteiger partial charge in [-0.05, 0) is 36.0 Å². The highest BCUT2D eigenvalue weighted by Gasteiger charge is 2.18. The Hall–Kier alpha value is 0.180. The second-order valence-electron chi connectivity index (χ2n) is 4.42. The highest BCUT2D eigenvalue weighted by atomic mass is 79.9. The van der Waals surface area contributed by atoms with E-state index in [1.165, 1.54) is 10.0 Å². The molecule has 0 aliphatic rings. The maximum atomic E-state index is 3.71. The summed E-state index contributed by atoms with van der Waals surface area (Å²) in [4.78, 5) is 0.566. The van der Waals surface area contributed by atoms with Crippen molar-refractivity contribution in [2.75, 3.05) is 0 Å². The second-order valence-corrected chi connectivity index (χ2v) is 6.78. The summed E-state index contributed by atoms with van der Waals surface area (Å²) in [5.74, 6) is 1.40. The van der Waals surface area contributed by atoms with E-state index in [-0.39, 0.29) is 0 Å². The Balaban J connectivity index is 2.74. The molecule has 0 aromatic heterocycles. The van der Waals surface area contributed by atoms with Crippen LogP contribution in [0.5, 0.6) is 0 Å². The highest BCUT2D eigenvalue weighted by molar-refractivity contribution is 9.10. The Morgan fingerprint density at radius 2 is 1.87 bits per heavy atom. The van der Waals surface area contributed by atoms with Crippen LogP contribution >= 0.6 is 31.9 Å². The van der Waals surface area contributed by atoms with Gasteiger partial charge < -0.3 is 0 Å². The third kappa shape index (κ3) is 4.28. The first-order chi connectivity index (χ1) is 7.00. The lowest BCUT2D eigenvalue weighted by Gasteiger charge is -2.23. The van der Waals surface area contributed by atoms with Gasteiger partial charge in [0.15, 0.2) is 0 Å². The number of hydrogen-bond acceptors (Lipinski definition) is 0. The summed E-state index contributed by atoms with van der Waals surface area (Å²) < 4.78 is 1.17. The molecular formula is C13H18Br2. The average Bonchev–Trinajstić information content (AvgIpc) is 2.13. The molecule has 0 amide bonds. The van der Waals surface area contributed by atoms with Crippen LogP contribution in [0.3, 0.4) is 0 Å². The number of hydrogen-bond donors (Lipinski definition) is 0. The Labute approximate surface area is 110 Å². The second kappa shape index (κ2) is 6.05. The topological polar surface area (TPSA) is 0 Å². The molecule has 1 aromatic rings. The Kier molecular flexibility index (Phi) is 5.34. The fourth-order valence-corrected chi connectivity index (χ4v) is 3.11. The molecule has 1 rings (SSSR count). The van der Waals surface area contributed by atoms with Crippen molar-refractivity contribution in [3.05, 3.63) is 34.3 Å². The summed E-state index contributed by atoms with van der Waals surface area (Å²) in [5, 5.41) is 0. The number of alkyl halides is 1. The lowest BCUT2D eigenvalue weighted by Crippen LogP contribution is -2.20. The molecular weight excluding hydrogens is 316 g/mol. The predicted molar refractivity (Wildman–Crippen MR) is 74.6 cm³/mol. The van der Waals surface area contributed by atoms with Gasteiger partial charge in [-0.25, -0.2) is 0 Å². The fraction of sp³-hybridized carbons (Fsp3) is 0.538. The molecule has 0 heterocycles. The Morgan fingerprint density at radius 3 is 2.33 bits per heavy atom. The van der Waals surface area contributed by atoms with Crippen LogP contribution < -0.4 is 0 Å². The van der Waals surface area contributed by atoms with E-state index >= 15 is 0 Å². The molecule has 0 saturated carbocycles. The van der Waals surface area contributed by atoms with Gasteiger partial charge in [-0.3, -0.25) is 0 Å². The van der Waals surface area contributed by atoms with Gasteiger partial charge in [-0.2, -0.15) is 0 Å². The van der Waals surface area contributed by atoms with Crippen molar-refractivity contribution in [3.8, 4) is 0 Å². The van der Waals surface area contributed by atoms with E-state index in [9.17, 15) is 0 Å². The Morgan fingerprint density at radius 1 is 1.20 bits per heavy atom. The van der Waals surface area contributed by atoms with Crippen LogP contribution in [0.1, 0.15) is 26.3 Å². The van der Waals surface area contributed by atoms with Gasteiger partial charge in [0.1, 0.15) is 0 Å². The van der Waals surface area contributed by atoms with Gasteiger partial charge in [0.25, 0.3) is 0 Å². The van der Waals surface area contributed by atoms with E-state index in [0.29, 0.717) is 16.7 Å². The predicted octanol–water partition coefficient (Wildman–Crippen LogP) is 5.05. The van der Waals surface area contributed by atoms with Crippen LogP contribution in [0.25, 0.3) is 0 Å². The highest BCUT2D eigenvalue weighted by Crippen LogP contribution is 2.26. The molecule has 0 spiro atoms. The van der Waals surface area contributed by atoms with Crippen LogP contribution in [0.2, 0.25) is 0 Å². The quantitative estimate of drug-likeness (QED) is 0.676. The van der Waals surface area contributed by atoms with Crippen LogP contribution in [-0.2, 0) is 6.42 Å². The minimum Gasteiger partial charge on any atom is -0.0890 e. The minimum absolute atomic E-state index is 0.566. The van der Waals surface area contributed by atoms with E-state index in [1.54, 1.807) is 0 Å². The molecule has 0 radical (unpaired) electrons. The van der Waals surface area contributed by atoms with Crippen molar-refractivity contribution in [2.24, 2.45) is 11.8 Å². The van der Waals surface area contributed by atoms with Crippen LogP contribution in [0.15, 0.2) is 28.7 Å². The van der Waals surface area contributed by atoms with Crippen molar-refractivity contribution >= 4 is 31.9 Å². The first kappa shape index (κ1) is 13.2. The number of benzene rings is 1. The zero-order chi connectivity index (χ0) is 11.4. The molecule has 0 aliphatic carbocycles. The van der Waals surface area contributed by atoms with E-state index < -0.39 is 0 Å². The maximum absolute atomic E-state index is 3.71.